The third-order valence-electron chi connectivity index (χ3n) is 4.54. The van der Waals surface area contributed by atoms with E-state index in [1.807, 2.05) is 36.5 Å². The lowest BCUT2D eigenvalue weighted by atomic mass is 10.1. The van der Waals surface area contributed by atoms with Crippen LogP contribution in [0.2, 0.25) is 0 Å². The first-order chi connectivity index (χ1) is 12.2. The van der Waals surface area contributed by atoms with Gasteiger partial charge in [0.1, 0.15) is 5.75 Å². The van der Waals surface area contributed by atoms with Crippen molar-refractivity contribution < 1.29 is 9.53 Å². The fourth-order valence-corrected chi connectivity index (χ4v) is 3.10. The van der Waals surface area contributed by atoms with Gasteiger partial charge in [-0.3, -0.25) is 14.7 Å². The summed E-state index contributed by atoms with van der Waals surface area (Å²) in [5, 5.41) is 0. The van der Waals surface area contributed by atoms with Crippen molar-refractivity contribution in [1.82, 2.24) is 9.88 Å². The van der Waals surface area contributed by atoms with Crippen LogP contribution in [0.3, 0.4) is 0 Å². The molecule has 3 rings (SSSR count). The van der Waals surface area contributed by atoms with Crippen molar-refractivity contribution in [1.29, 1.82) is 0 Å². The monoisotopic (exact) mass is 340 g/mol. The molecule has 2 heterocycles. The van der Waals surface area contributed by atoms with Crippen molar-refractivity contribution >= 4 is 11.6 Å². The van der Waals surface area contributed by atoms with Crippen LogP contribution in [0, 0.1) is 0 Å². The number of methoxy groups -OCH3 is 1. The van der Waals surface area contributed by atoms with Gasteiger partial charge < -0.3 is 15.4 Å². The molecule has 132 valence electrons. The predicted molar refractivity (Wildman–Crippen MR) is 98.7 cm³/mol. The average Bonchev–Trinajstić information content (AvgIpc) is 2.67. The first-order valence-electron chi connectivity index (χ1n) is 8.52. The summed E-state index contributed by atoms with van der Waals surface area (Å²) in [5.41, 5.74) is 8.44. The summed E-state index contributed by atoms with van der Waals surface area (Å²) < 4.78 is 5.23. The molecular weight excluding hydrogens is 316 g/mol. The van der Waals surface area contributed by atoms with E-state index in [2.05, 4.69) is 20.9 Å². The second-order valence-corrected chi connectivity index (χ2v) is 6.14. The van der Waals surface area contributed by atoms with E-state index in [4.69, 9.17) is 10.5 Å². The normalized spacial score (nSPS) is 15.2. The molecule has 0 aliphatic carbocycles. The van der Waals surface area contributed by atoms with E-state index in [0.29, 0.717) is 6.42 Å². The molecule has 0 atom stereocenters. The maximum atomic E-state index is 10.9. The number of ether oxygens (including phenoxy) is 1. The van der Waals surface area contributed by atoms with Crippen LogP contribution in [0.15, 0.2) is 42.6 Å². The summed E-state index contributed by atoms with van der Waals surface area (Å²) >= 11 is 0. The molecule has 6 heteroatoms. The number of carbonyl (C=O) groups is 1. The smallest absolute Gasteiger partial charge is 0.218 e. The molecule has 0 radical (unpaired) electrons. The molecular formula is C19H24N4O2. The van der Waals surface area contributed by atoms with E-state index in [0.717, 1.165) is 55.4 Å². The van der Waals surface area contributed by atoms with E-state index in [-0.39, 0.29) is 5.91 Å². The number of hydrogen-bond donors (Lipinski definition) is 1. The largest absolute Gasteiger partial charge is 0.497 e. The van der Waals surface area contributed by atoms with Crippen molar-refractivity contribution in [2.75, 3.05) is 44.7 Å². The van der Waals surface area contributed by atoms with Crippen LogP contribution in [0.4, 0.5) is 5.69 Å². The Morgan fingerprint density at radius 3 is 2.52 bits per heavy atom. The fourth-order valence-electron chi connectivity index (χ4n) is 3.10. The number of hydrogen-bond acceptors (Lipinski definition) is 5. The number of anilines is 1. The van der Waals surface area contributed by atoms with Gasteiger partial charge in [0.25, 0.3) is 0 Å². The highest BCUT2D eigenvalue weighted by molar-refractivity contribution is 5.75. The first kappa shape index (κ1) is 17.2. The van der Waals surface area contributed by atoms with Crippen LogP contribution >= 0.6 is 0 Å². The Kier molecular flexibility index (Phi) is 5.50. The molecule has 1 aliphatic heterocycles. The summed E-state index contributed by atoms with van der Waals surface area (Å²) in [6.45, 7) is 4.40. The lowest BCUT2D eigenvalue weighted by Crippen LogP contribution is -2.47. The summed E-state index contributed by atoms with van der Waals surface area (Å²) in [6, 6.07) is 12.1. The number of aromatic nitrogens is 1. The Hall–Kier alpha value is -2.60. The maximum absolute atomic E-state index is 10.9. The molecule has 1 fully saturated rings. The number of benzene rings is 1. The molecule has 0 spiro atoms. The SMILES string of the molecule is COc1ccc(-c2ncccc2N2CCN(CCC(N)=O)CC2)cc1. The third-order valence-corrected chi connectivity index (χ3v) is 4.54. The highest BCUT2D eigenvalue weighted by atomic mass is 16.5. The van der Waals surface area contributed by atoms with Gasteiger partial charge in [0.2, 0.25) is 5.91 Å². The Bertz CT molecular complexity index is 710. The van der Waals surface area contributed by atoms with E-state index >= 15 is 0 Å². The summed E-state index contributed by atoms with van der Waals surface area (Å²) in [7, 11) is 1.67. The number of carbonyl (C=O) groups excluding carboxylic acids is 1. The second-order valence-electron chi connectivity index (χ2n) is 6.14. The third kappa shape index (κ3) is 4.28. The summed E-state index contributed by atoms with van der Waals surface area (Å²) in [6.07, 6.45) is 2.25. The number of amides is 1. The molecule has 0 unspecified atom stereocenters. The second kappa shape index (κ2) is 7.98. The first-order valence-corrected chi connectivity index (χ1v) is 8.52. The van der Waals surface area contributed by atoms with Gasteiger partial charge in [-0.15, -0.1) is 0 Å². The van der Waals surface area contributed by atoms with Gasteiger partial charge in [0, 0.05) is 50.9 Å². The molecule has 2 N–H and O–H groups in total. The number of piperazine rings is 1. The molecule has 2 aromatic rings. The number of nitrogens with zero attached hydrogens (tertiary/aromatic N) is 3. The Morgan fingerprint density at radius 2 is 1.88 bits per heavy atom. The van der Waals surface area contributed by atoms with E-state index < -0.39 is 0 Å². The standard InChI is InChI=1S/C19H24N4O2/c1-25-16-6-4-15(5-7-16)19-17(3-2-9-21-19)23-13-11-22(12-14-23)10-8-18(20)24/h2-7,9H,8,10-14H2,1H3,(H2,20,24). The molecule has 0 saturated carbocycles. The van der Waals surface area contributed by atoms with Crippen molar-refractivity contribution in [3.05, 3.63) is 42.6 Å². The molecule has 1 aliphatic rings. The number of nitrogens with two attached hydrogens (primary N) is 1. The van der Waals surface area contributed by atoms with Crippen LogP contribution in [0.1, 0.15) is 6.42 Å². The molecule has 1 saturated heterocycles. The number of pyridine rings is 1. The zero-order chi connectivity index (χ0) is 17.6. The van der Waals surface area contributed by atoms with Crippen molar-refractivity contribution in [2.24, 2.45) is 5.73 Å². The van der Waals surface area contributed by atoms with Gasteiger partial charge in [0.05, 0.1) is 18.5 Å². The molecule has 1 amide bonds. The van der Waals surface area contributed by atoms with Crippen LogP contribution in [-0.4, -0.2) is 55.6 Å². The highest BCUT2D eigenvalue weighted by Gasteiger charge is 2.20. The molecule has 1 aromatic heterocycles. The Balaban J connectivity index is 1.72. The lowest BCUT2D eigenvalue weighted by Gasteiger charge is -2.36. The van der Waals surface area contributed by atoms with Crippen LogP contribution in [-0.2, 0) is 4.79 Å². The Labute approximate surface area is 148 Å². The van der Waals surface area contributed by atoms with Crippen molar-refractivity contribution in [3.63, 3.8) is 0 Å². The molecule has 1 aromatic carbocycles. The highest BCUT2D eigenvalue weighted by Crippen LogP contribution is 2.30. The zero-order valence-corrected chi connectivity index (χ0v) is 14.5. The van der Waals surface area contributed by atoms with Gasteiger partial charge >= 0.3 is 0 Å². The predicted octanol–water partition coefficient (Wildman–Crippen LogP) is 1.75. The van der Waals surface area contributed by atoms with Gasteiger partial charge in [-0.2, -0.15) is 0 Å². The van der Waals surface area contributed by atoms with Gasteiger partial charge in [-0.1, -0.05) is 0 Å². The minimum absolute atomic E-state index is 0.239. The lowest BCUT2D eigenvalue weighted by molar-refractivity contribution is -0.118. The van der Waals surface area contributed by atoms with E-state index in [1.165, 1.54) is 0 Å². The molecule has 25 heavy (non-hydrogen) atoms. The quantitative estimate of drug-likeness (QED) is 0.867. The maximum Gasteiger partial charge on any atom is 0.218 e. The molecule has 0 bridgehead atoms. The fraction of sp³-hybridized carbons (Fsp3) is 0.368. The van der Waals surface area contributed by atoms with Crippen molar-refractivity contribution in [3.8, 4) is 17.0 Å². The van der Waals surface area contributed by atoms with Gasteiger partial charge in [-0.25, -0.2) is 0 Å². The number of rotatable bonds is 6. The topological polar surface area (TPSA) is 71.7 Å². The number of primary amides is 1. The molecule has 6 nitrogen and oxygen atoms in total. The van der Waals surface area contributed by atoms with Gasteiger partial charge in [-0.05, 0) is 36.4 Å². The van der Waals surface area contributed by atoms with Crippen molar-refractivity contribution in [2.45, 2.75) is 6.42 Å². The summed E-state index contributed by atoms with van der Waals surface area (Å²) in [5.74, 6) is 0.598. The van der Waals surface area contributed by atoms with Crippen LogP contribution in [0.25, 0.3) is 11.3 Å². The summed E-state index contributed by atoms with van der Waals surface area (Å²) in [4.78, 5) is 20.2. The van der Waals surface area contributed by atoms with Crippen LogP contribution < -0.4 is 15.4 Å². The Morgan fingerprint density at radius 1 is 1.16 bits per heavy atom. The van der Waals surface area contributed by atoms with E-state index in [1.54, 1.807) is 7.11 Å². The van der Waals surface area contributed by atoms with Gasteiger partial charge in [0.15, 0.2) is 0 Å². The van der Waals surface area contributed by atoms with Crippen LogP contribution in [0.5, 0.6) is 5.75 Å². The minimum atomic E-state index is -0.239. The average molecular weight is 340 g/mol. The zero-order valence-electron chi connectivity index (χ0n) is 14.5. The minimum Gasteiger partial charge on any atom is -0.497 e. The van der Waals surface area contributed by atoms with E-state index in [9.17, 15) is 4.79 Å².